The standard InChI is InChI=1S/C21H46N/c1-7-9-10-11-12-13-14-15-16-17-18-19-21(3,4)22(5,6)20-8-2/h7-20H2,1-6H3/q+1. The van der Waals surface area contributed by atoms with Crippen molar-refractivity contribution in [3.05, 3.63) is 0 Å². The summed E-state index contributed by atoms with van der Waals surface area (Å²) in [5, 5.41) is 0. The summed E-state index contributed by atoms with van der Waals surface area (Å²) in [4.78, 5) is 0. The van der Waals surface area contributed by atoms with E-state index in [1.54, 1.807) is 0 Å². The molecule has 0 fully saturated rings. The Bertz CT molecular complexity index is 242. The fourth-order valence-electron chi connectivity index (χ4n) is 3.39. The monoisotopic (exact) mass is 312 g/mol. The van der Waals surface area contributed by atoms with Gasteiger partial charge in [0.2, 0.25) is 0 Å². The molecule has 1 nitrogen and oxygen atoms in total. The zero-order chi connectivity index (χ0) is 16.9. The van der Waals surface area contributed by atoms with Crippen LogP contribution >= 0.6 is 0 Å². The molecule has 0 atom stereocenters. The zero-order valence-corrected chi connectivity index (χ0v) is 16.8. The predicted molar refractivity (Wildman–Crippen MR) is 102 cm³/mol. The van der Waals surface area contributed by atoms with Gasteiger partial charge in [-0.3, -0.25) is 0 Å². The Morgan fingerprint density at radius 2 is 1.00 bits per heavy atom. The highest BCUT2D eigenvalue weighted by Crippen LogP contribution is 2.27. The molecule has 0 bridgehead atoms. The minimum absolute atomic E-state index is 0.426. The average molecular weight is 313 g/mol. The quantitative estimate of drug-likeness (QED) is 0.227. The molecule has 0 aromatic rings. The van der Waals surface area contributed by atoms with E-state index in [9.17, 15) is 0 Å². The highest BCUT2D eigenvalue weighted by molar-refractivity contribution is 4.69. The second-order valence-corrected chi connectivity index (χ2v) is 8.51. The van der Waals surface area contributed by atoms with Crippen LogP contribution < -0.4 is 0 Å². The maximum atomic E-state index is 2.46. The highest BCUT2D eigenvalue weighted by Gasteiger charge is 2.34. The number of hydrogen-bond acceptors (Lipinski definition) is 0. The van der Waals surface area contributed by atoms with E-state index in [1.165, 1.54) is 94.5 Å². The first kappa shape index (κ1) is 22.0. The second kappa shape index (κ2) is 12.4. The van der Waals surface area contributed by atoms with Crippen LogP contribution in [-0.2, 0) is 0 Å². The van der Waals surface area contributed by atoms with Crippen molar-refractivity contribution in [2.45, 2.75) is 117 Å². The van der Waals surface area contributed by atoms with E-state index in [0.29, 0.717) is 5.54 Å². The third-order valence-electron chi connectivity index (χ3n) is 5.81. The summed E-state index contributed by atoms with van der Waals surface area (Å²) < 4.78 is 1.17. The van der Waals surface area contributed by atoms with Gasteiger partial charge in [0.25, 0.3) is 0 Å². The number of hydrogen-bond donors (Lipinski definition) is 0. The molecule has 0 radical (unpaired) electrons. The first-order chi connectivity index (χ1) is 10.4. The maximum absolute atomic E-state index is 2.46. The van der Waals surface area contributed by atoms with Gasteiger partial charge in [0.15, 0.2) is 0 Å². The molecule has 1 heteroatoms. The summed E-state index contributed by atoms with van der Waals surface area (Å²) in [6.07, 6.45) is 18.5. The van der Waals surface area contributed by atoms with Crippen molar-refractivity contribution in [2.75, 3.05) is 20.6 Å². The molecule has 0 aliphatic heterocycles. The molecular formula is C21H46N+. The fraction of sp³-hybridized carbons (Fsp3) is 1.00. The Hall–Kier alpha value is -0.0400. The molecule has 0 saturated heterocycles. The van der Waals surface area contributed by atoms with E-state index < -0.39 is 0 Å². The van der Waals surface area contributed by atoms with E-state index in [-0.39, 0.29) is 0 Å². The molecule has 0 unspecified atom stereocenters. The summed E-state index contributed by atoms with van der Waals surface area (Å²) in [7, 11) is 4.81. The summed E-state index contributed by atoms with van der Waals surface area (Å²) in [6, 6.07) is 0. The first-order valence-electron chi connectivity index (χ1n) is 10.2. The van der Waals surface area contributed by atoms with Crippen molar-refractivity contribution in [3.63, 3.8) is 0 Å². The van der Waals surface area contributed by atoms with E-state index in [0.717, 1.165) is 0 Å². The Labute approximate surface area is 142 Å². The van der Waals surface area contributed by atoms with Crippen LogP contribution in [0, 0.1) is 0 Å². The van der Waals surface area contributed by atoms with Crippen LogP contribution in [0.1, 0.15) is 111 Å². The van der Waals surface area contributed by atoms with Crippen LogP contribution in [0.5, 0.6) is 0 Å². The van der Waals surface area contributed by atoms with E-state index in [4.69, 9.17) is 0 Å². The Kier molecular flexibility index (Phi) is 12.4. The minimum Gasteiger partial charge on any atom is -0.324 e. The minimum atomic E-state index is 0.426. The normalized spacial score (nSPS) is 12.8. The van der Waals surface area contributed by atoms with Gasteiger partial charge < -0.3 is 4.48 Å². The van der Waals surface area contributed by atoms with Crippen molar-refractivity contribution in [3.8, 4) is 0 Å². The Morgan fingerprint density at radius 3 is 1.41 bits per heavy atom. The number of unbranched alkanes of at least 4 members (excludes halogenated alkanes) is 10. The van der Waals surface area contributed by atoms with Gasteiger partial charge in [-0.2, -0.15) is 0 Å². The van der Waals surface area contributed by atoms with Crippen LogP contribution in [0.2, 0.25) is 0 Å². The molecule has 0 amide bonds. The zero-order valence-electron chi connectivity index (χ0n) is 16.8. The van der Waals surface area contributed by atoms with Gasteiger partial charge >= 0.3 is 0 Å². The van der Waals surface area contributed by atoms with Gasteiger partial charge in [-0.15, -0.1) is 0 Å². The maximum Gasteiger partial charge on any atom is 0.0931 e. The lowest BCUT2D eigenvalue weighted by Gasteiger charge is -2.45. The molecule has 0 saturated carbocycles. The fourth-order valence-corrected chi connectivity index (χ4v) is 3.39. The molecular weight excluding hydrogens is 266 g/mol. The summed E-state index contributed by atoms with van der Waals surface area (Å²) in [6.45, 7) is 10.8. The van der Waals surface area contributed by atoms with Crippen molar-refractivity contribution in [2.24, 2.45) is 0 Å². The molecule has 0 heterocycles. The predicted octanol–water partition coefficient (Wildman–Crippen LogP) is 6.95. The lowest BCUT2D eigenvalue weighted by Crippen LogP contribution is -2.56. The van der Waals surface area contributed by atoms with Gasteiger partial charge in [0.05, 0.1) is 26.2 Å². The molecule has 0 aliphatic carbocycles. The molecule has 0 N–H and O–H groups in total. The molecule has 134 valence electrons. The molecule has 0 spiro atoms. The Morgan fingerprint density at radius 1 is 0.591 bits per heavy atom. The summed E-state index contributed by atoms with van der Waals surface area (Å²) in [5.41, 5.74) is 0.426. The van der Waals surface area contributed by atoms with Crippen molar-refractivity contribution < 1.29 is 4.48 Å². The lowest BCUT2D eigenvalue weighted by molar-refractivity contribution is -0.938. The smallest absolute Gasteiger partial charge is 0.0931 e. The number of quaternary nitrogens is 1. The molecule has 0 rings (SSSR count). The van der Waals surface area contributed by atoms with Gasteiger partial charge in [0, 0.05) is 6.42 Å². The summed E-state index contributed by atoms with van der Waals surface area (Å²) in [5.74, 6) is 0. The van der Waals surface area contributed by atoms with Crippen LogP contribution in [0.15, 0.2) is 0 Å². The van der Waals surface area contributed by atoms with Crippen LogP contribution in [0.4, 0.5) is 0 Å². The second-order valence-electron chi connectivity index (χ2n) is 8.51. The Balaban J connectivity index is 3.53. The van der Waals surface area contributed by atoms with Crippen molar-refractivity contribution >= 4 is 0 Å². The topological polar surface area (TPSA) is 0 Å². The van der Waals surface area contributed by atoms with E-state index in [1.807, 2.05) is 0 Å². The third kappa shape index (κ3) is 9.87. The average Bonchev–Trinajstić information content (AvgIpc) is 2.44. The van der Waals surface area contributed by atoms with Gasteiger partial charge in [0.1, 0.15) is 0 Å². The molecule has 0 aliphatic rings. The van der Waals surface area contributed by atoms with Gasteiger partial charge in [-0.05, 0) is 26.7 Å². The molecule has 0 aromatic carbocycles. The van der Waals surface area contributed by atoms with Crippen molar-refractivity contribution in [1.29, 1.82) is 0 Å². The summed E-state index contributed by atoms with van der Waals surface area (Å²) >= 11 is 0. The van der Waals surface area contributed by atoms with E-state index >= 15 is 0 Å². The van der Waals surface area contributed by atoms with E-state index in [2.05, 4.69) is 41.8 Å². The van der Waals surface area contributed by atoms with Crippen molar-refractivity contribution in [1.82, 2.24) is 0 Å². The number of nitrogens with zero attached hydrogens (tertiary/aromatic N) is 1. The van der Waals surface area contributed by atoms with Crippen LogP contribution in [0.25, 0.3) is 0 Å². The first-order valence-corrected chi connectivity index (χ1v) is 10.2. The SMILES string of the molecule is CCCCCCCCCCCCCC(C)(C)[N+](C)(C)CCC. The van der Waals surface area contributed by atoms with Gasteiger partial charge in [-0.1, -0.05) is 78.1 Å². The molecule has 22 heavy (non-hydrogen) atoms. The van der Waals surface area contributed by atoms with Crippen LogP contribution in [-0.4, -0.2) is 30.7 Å². The highest BCUT2D eigenvalue weighted by atomic mass is 15.4. The number of rotatable bonds is 15. The van der Waals surface area contributed by atoms with Crippen LogP contribution in [0.3, 0.4) is 0 Å². The lowest BCUT2D eigenvalue weighted by atomic mass is 9.92. The van der Waals surface area contributed by atoms with Gasteiger partial charge in [-0.25, -0.2) is 0 Å². The largest absolute Gasteiger partial charge is 0.324 e. The molecule has 0 aromatic heterocycles. The third-order valence-corrected chi connectivity index (χ3v) is 5.81.